The molecule has 94 valence electrons. The molecule has 0 fully saturated rings. The fourth-order valence-corrected chi connectivity index (χ4v) is 1.78. The zero-order valence-corrected chi connectivity index (χ0v) is 11.2. The summed E-state index contributed by atoms with van der Waals surface area (Å²) in [6, 6.07) is 0. The number of hydrogen-bond acceptors (Lipinski definition) is 2. The van der Waals surface area contributed by atoms with Crippen LogP contribution in [0.3, 0.4) is 0 Å². The number of oxime groups is 1. The molecule has 0 heterocycles. The van der Waals surface area contributed by atoms with E-state index in [1.54, 1.807) is 6.21 Å². The lowest BCUT2D eigenvalue weighted by molar-refractivity contribution is 0.317. The third-order valence-electron chi connectivity index (χ3n) is 2.89. The van der Waals surface area contributed by atoms with Crippen LogP contribution in [-0.4, -0.2) is 11.4 Å². The Balaban J connectivity index is 3.50. The summed E-state index contributed by atoms with van der Waals surface area (Å²) in [5.74, 6) is 1.20. The molecule has 0 aliphatic rings. The Kier molecular flexibility index (Phi) is 8.97. The molecule has 0 amide bonds. The van der Waals surface area contributed by atoms with Gasteiger partial charge in [-0.15, -0.1) is 5.16 Å². The van der Waals surface area contributed by atoms with Crippen LogP contribution in [0.25, 0.3) is 0 Å². The Morgan fingerprint density at radius 3 is 2.44 bits per heavy atom. The summed E-state index contributed by atoms with van der Waals surface area (Å²) < 4.78 is 0. The summed E-state index contributed by atoms with van der Waals surface area (Å²) >= 11 is 0. The van der Waals surface area contributed by atoms with Gasteiger partial charge in [-0.1, -0.05) is 38.3 Å². The second-order valence-electron chi connectivity index (χ2n) is 5.14. The first-order chi connectivity index (χ1) is 7.56. The molecule has 0 saturated carbocycles. The van der Waals surface area contributed by atoms with Crippen molar-refractivity contribution in [3.05, 3.63) is 11.6 Å². The fourth-order valence-electron chi connectivity index (χ4n) is 1.78. The average molecular weight is 225 g/mol. The zero-order chi connectivity index (χ0) is 12.4. The zero-order valence-electron chi connectivity index (χ0n) is 11.2. The molecule has 0 aromatic heterocycles. The van der Waals surface area contributed by atoms with Gasteiger partial charge in [-0.2, -0.15) is 0 Å². The van der Waals surface area contributed by atoms with Gasteiger partial charge in [-0.3, -0.25) is 0 Å². The first-order valence-electron chi connectivity index (χ1n) is 6.37. The highest BCUT2D eigenvalue weighted by Crippen LogP contribution is 2.16. The van der Waals surface area contributed by atoms with E-state index in [4.69, 9.17) is 5.21 Å². The Morgan fingerprint density at radius 1 is 1.19 bits per heavy atom. The maximum Gasteiger partial charge on any atom is 0.0464 e. The largest absolute Gasteiger partial charge is 0.411 e. The van der Waals surface area contributed by atoms with Crippen LogP contribution in [-0.2, 0) is 0 Å². The Morgan fingerprint density at radius 2 is 1.88 bits per heavy atom. The van der Waals surface area contributed by atoms with Gasteiger partial charge in [0.05, 0.1) is 0 Å². The molecule has 1 N–H and O–H groups in total. The maximum atomic E-state index is 8.38. The molecule has 2 heteroatoms. The maximum absolute atomic E-state index is 8.38. The molecule has 0 aliphatic heterocycles. The van der Waals surface area contributed by atoms with Crippen LogP contribution in [0.1, 0.15) is 59.8 Å². The molecule has 0 aliphatic carbocycles. The van der Waals surface area contributed by atoms with Crippen molar-refractivity contribution in [3.8, 4) is 0 Å². The highest BCUT2D eigenvalue weighted by molar-refractivity contribution is 5.58. The van der Waals surface area contributed by atoms with E-state index < -0.39 is 0 Å². The normalized spacial score (nSPS) is 15.0. The van der Waals surface area contributed by atoms with Gasteiger partial charge in [0.25, 0.3) is 0 Å². The van der Waals surface area contributed by atoms with E-state index in [1.165, 1.54) is 31.3 Å². The van der Waals surface area contributed by atoms with Crippen molar-refractivity contribution >= 4 is 6.21 Å². The van der Waals surface area contributed by atoms with Crippen LogP contribution in [0, 0.1) is 11.8 Å². The molecule has 0 aromatic carbocycles. The minimum atomic E-state index is 0.398. The molecular weight excluding hydrogens is 198 g/mol. The highest BCUT2D eigenvalue weighted by Gasteiger charge is 2.03. The smallest absolute Gasteiger partial charge is 0.0464 e. The van der Waals surface area contributed by atoms with Crippen LogP contribution < -0.4 is 0 Å². The molecule has 2 unspecified atom stereocenters. The first-order valence-corrected chi connectivity index (χ1v) is 6.37. The number of hydrogen-bond donors (Lipinski definition) is 1. The summed E-state index contributed by atoms with van der Waals surface area (Å²) in [6.45, 7) is 8.72. The van der Waals surface area contributed by atoms with E-state index in [0.29, 0.717) is 5.92 Å². The molecule has 0 aromatic rings. The highest BCUT2D eigenvalue weighted by atomic mass is 16.4. The molecule has 2 nitrogen and oxygen atoms in total. The molecule has 16 heavy (non-hydrogen) atoms. The van der Waals surface area contributed by atoms with Gasteiger partial charge in [0.2, 0.25) is 0 Å². The van der Waals surface area contributed by atoms with Crippen LogP contribution >= 0.6 is 0 Å². The summed E-state index contributed by atoms with van der Waals surface area (Å²) in [7, 11) is 0. The predicted molar refractivity (Wildman–Crippen MR) is 71.1 cm³/mol. The van der Waals surface area contributed by atoms with Crippen LogP contribution in [0.2, 0.25) is 0 Å². The average Bonchev–Trinajstić information content (AvgIpc) is 2.17. The molecule has 0 bridgehead atoms. The molecule has 0 spiro atoms. The molecular formula is C14H27NO. The second-order valence-corrected chi connectivity index (χ2v) is 5.14. The Labute approximate surface area is 100 Å². The van der Waals surface area contributed by atoms with E-state index in [9.17, 15) is 0 Å². The quantitative estimate of drug-likeness (QED) is 0.278. The lowest BCUT2D eigenvalue weighted by atomic mass is 9.95. The van der Waals surface area contributed by atoms with Gasteiger partial charge in [0.1, 0.15) is 0 Å². The summed E-state index contributed by atoms with van der Waals surface area (Å²) in [6.07, 6.45) is 10.1. The van der Waals surface area contributed by atoms with E-state index in [0.717, 1.165) is 12.3 Å². The van der Waals surface area contributed by atoms with Crippen LogP contribution in [0.4, 0.5) is 0 Å². The predicted octanol–water partition coefficient (Wildman–Crippen LogP) is 4.64. The number of allylic oxidation sites excluding steroid dienone is 2. The second kappa shape index (κ2) is 9.44. The fraction of sp³-hybridized carbons (Fsp3) is 0.786. The van der Waals surface area contributed by atoms with Gasteiger partial charge >= 0.3 is 0 Å². The lowest BCUT2D eigenvalue weighted by Crippen LogP contribution is -1.99. The molecule has 0 radical (unpaired) electrons. The van der Waals surface area contributed by atoms with E-state index in [2.05, 4.69) is 38.9 Å². The topological polar surface area (TPSA) is 32.6 Å². The van der Waals surface area contributed by atoms with Crippen molar-refractivity contribution in [1.82, 2.24) is 0 Å². The Bertz CT molecular complexity index is 217. The monoisotopic (exact) mass is 225 g/mol. The van der Waals surface area contributed by atoms with Crippen molar-refractivity contribution < 1.29 is 5.21 Å². The van der Waals surface area contributed by atoms with Crippen molar-refractivity contribution in [1.29, 1.82) is 0 Å². The summed E-state index contributed by atoms with van der Waals surface area (Å²) in [5, 5.41) is 11.4. The van der Waals surface area contributed by atoms with Crippen molar-refractivity contribution in [2.45, 2.75) is 59.8 Å². The van der Waals surface area contributed by atoms with Gasteiger partial charge in [0, 0.05) is 6.21 Å². The third-order valence-corrected chi connectivity index (χ3v) is 2.89. The summed E-state index contributed by atoms with van der Waals surface area (Å²) in [5.41, 5.74) is 1.42. The van der Waals surface area contributed by atoms with Gasteiger partial charge in [-0.05, 0) is 44.9 Å². The van der Waals surface area contributed by atoms with Crippen molar-refractivity contribution in [3.63, 3.8) is 0 Å². The minimum absolute atomic E-state index is 0.398. The number of rotatable bonds is 8. The SMILES string of the molecule is CC(C)=CCCC(C)CCCC(C)C=NO. The van der Waals surface area contributed by atoms with E-state index >= 15 is 0 Å². The van der Waals surface area contributed by atoms with Crippen LogP contribution in [0.5, 0.6) is 0 Å². The number of nitrogens with zero attached hydrogens (tertiary/aromatic N) is 1. The van der Waals surface area contributed by atoms with Crippen molar-refractivity contribution in [2.75, 3.05) is 0 Å². The molecule has 0 saturated heterocycles. The molecule has 2 atom stereocenters. The van der Waals surface area contributed by atoms with E-state index in [-0.39, 0.29) is 0 Å². The van der Waals surface area contributed by atoms with E-state index in [1.807, 2.05) is 0 Å². The third kappa shape index (κ3) is 9.75. The van der Waals surface area contributed by atoms with Crippen LogP contribution in [0.15, 0.2) is 16.8 Å². The molecule has 0 rings (SSSR count). The van der Waals surface area contributed by atoms with Gasteiger partial charge in [-0.25, -0.2) is 0 Å². The van der Waals surface area contributed by atoms with Crippen molar-refractivity contribution in [2.24, 2.45) is 17.0 Å². The standard InChI is InChI=1S/C14H27NO/c1-12(2)7-5-8-13(3)9-6-10-14(4)11-15-16/h7,11,13-14,16H,5-6,8-10H2,1-4H3. The van der Waals surface area contributed by atoms with Gasteiger partial charge in [0.15, 0.2) is 0 Å². The lowest BCUT2D eigenvalue weighted by Gasteiger charge is -2.11. The summed E-state index contributed by atoms with van der Waals surface area (Å²) in [4.78, 5) is 0. The minimum Gasteiger partial charge on any atom is -0.411 e. The Hall–Kier alpha value is -0.790. The first kappa shape index (κ1) is 15.2. The van der Waals surface area contributed by atoms with Gasteiger partial charge < -0.3 is 5.21 Å².